The van der Waals surface area contributed by atoms with Crippen LogP contribution >= 0.6 is 24.8 Å². The minimum atomic E-state index is -0.277. The number of benzene rings is 2. The van der Waals surface area contributed by atoms with E-state index in [-0.39, 0.29) is 36.9 Å². The molecule has 0 saturated heterocycles. The number of nitrogens with zero attached hydrogens (tertiary/aromatic N) is 1. The van der Waals surface area contributed by atoms with Crippen LogP contribution in [0.5, 0.6) is 0 Å². The lowest BCUT2D eigenvalue weighted by Crippen LogP contribution is -2.20. The second-order valence-electron chi connectivity index (χ2n) is 5.77. The molecule has 1 aliphatic carbocycles. The summed E-state index contributed by atoms with van der Waals surface area (Å²) >= 11 is 1.37. The molecule has 4 nitrogen and oxygen atoms in total. The molecule has 2 aromatic carbocycles. The van der Waals surface area contributed by atoms with Gasteiger partial charge in [0.1, 0.15) is 11.6 Å². The third-order valence-corrected chi connectivity index (χ3v) is 5.20. The lowest BCUT2D eigenvalue weighted by atomic mass is 10.1. The summed E-state index contributed by atoms with van der Waals surface area (Å²) in [6, 6.07) is 8.28. The van der Waals surface area contributed by atoms with E-state index in [0.717, 1.165) is 21.0 Å². The maximum Gasteiger partial charge on any atom is 0.229 e. The van der Waals surface area contributed by atoms with Gasteiger partial charge in [0.05, 0.1) is 10.2 Å². The van der Waals surface area contributed by atoms with E-state index in [4.69, 9.17) is 0 Å². The molecule has 24 heavy (non-hydrogen) atoms. The number of Topliss-reactive ketones (excluding diaryl/α,β-unsaturated/α-hetero) is 1. The number of rotatable bonds is 2. The molecule has 0 unspecified atom stereocenters. The van der Waals surface area contributed by atoms with Crippen LogP contribution in [0.4, 0.5) is 9.52 Å². The Morgan fingerprint density at radius 1 is 1.29 bits per heavy atom. The molecule has 0 radical (unpaired) electrons. The molecule has 0 spiro atoms. The van der Waals surface area contributed by atoms with Gasteiger partial charge in [0.2, 0.25) is 5.91 Å². The number of nitrogens with one attached hydrogen (secondary N) is 1. The summed E-state index contributed by atoms with van der Waals surface area (Å²) in [5.74, 6) is -0.533. The molecule has 1 heterocycles. The van der Waals surface area contributed by atoms with Crippen LogP contribution in [-0.2, 0) is 9.59 Å². The van der Waals surface area contributed by atoms with Gasteiger partial charge in [-0.15, -0.1) is 0 Å². The van der Waals surface area contributed by atoms with Crippen LogP contribution in [0.3, 0.4) is 0 Å². The largest absolute Gasteiger partial charge is 0.302 e. The van der Waals surface area contributed by atoms with Crippen LogP contribution in [-0.4, -0.2) is 16.7 Å². The van der Waals surface area contributed by atoms with Gasteiger partial charge >= 0.3 is 0 Å². The zero-order valence-corrected chi connectivity index (χ0v) is 14.5. The van der Waals surface area contributed by atoms with Gasteiger partial charge < -0.3 is 5.32 Å². The highest BCUT2D eigenvalue weighted by molar-refractivity contribution is 7.59. The van der Waals surface area contributed by atoms with Crippen molar-refractivity contribution in [2.24, 2.45) is 5.92 Å². The molecule has 4 rings (SSSR count). The second-order valence-corrected chi connectivity index (χ2v) is 6.77. The van der Waals surface area contributed by atoms with Gasteiger partial charge in [-0.05, 0) is 36.1 Å². The van der Waals surface area contributed by atoms with Crippen molar-refractivity contribution in [1.29, 1.82) is 0 Å². The van der Waals surface area contributed by atoms with Crippen molar-refractivity contribution < 1.29 is 14.0 Å². The summed E-state index contributed by atoms with van der Waals surface area (Å²) in [5.41, 5.74) is 0.770. The summed E-state index contributed by atoms with van der Waals surface area (Å²) < 4.78 is 14.2. The molecular weight excluding hydrogens is 347 g/mol. The van der Waals surface area contributed by atoms with E-state index < -0.39 is 0 Å². The Hall–Kier alpha value is -1.99. The average Bonchev–Trinajstić information content (AvgIpc) is 3.12. The first kappa shape index (κ1) is 16.9. The van der Waals surface area contributed by atoms with Crippen molar-refractivity contribution in [3.63, 3.8) is 0 Å². The van der Waals surface area contributed by atoms with Crippen LogP contribution < -0.4 is 5.32 Å². The molecule has 124 valence electrons. The smallest absolute Gasteiger partial charge is 0.229 e. The van der Waals surface area contributed by atoms with Crippen molar-refractivity contribution in [3.8, 4) is 0 Å². The highest BCUT2D eigenvalue weighted by Crippen LogP contribution is 2.33. The quantitative estimate of drug-likeness (QED) is 0.749. The second kappa shape index (κ2) is 6.49. The normalized spacial score (nSPS) is 17.2. The minimum absolute atomic E-state index is 0. The van der Waals surface area contributed by atoms with Crippen molar-refractivity contribution in [2.75, 3.05) is 5.32 Å². The Kier molecular flexibility index (Phi) is 4.56. The number of aromatic nitrogens is 1. The van der Waals surface area contributed by atoms with Gasteiger partial charge in [0, 0.05) is 24.1 Å². The lowest BCUT2D eigenvalue weighted by molar-refractivity contribution is -0.122. The number of carbonyl (C=O) groups excluding carboxylic acids is 2. The zero-order chi connectivity index (χ0) is 16.0. The highest BCUT2D eigenvalue weighted by Gasteiger charge is 2.28. The molecule has 1 amide bonds. The molecular formula is C17H15FN2O2S2. The summed E-state index contributed by atoms with van der Waals surface area (Å²) in [6.07, 6.45) is 1.41. The standard InChI is InChI=1S/C17H13FN2O2S.H2S/c18-11-3-5-13-9(7-11)2-6-14-15(13)23-17(19-14)20-16(22)10-1-4-12(21)8-10;/h2-3,5-7,10H,1,4,8H2,(H,19,20,22);1H2/t10-;/m1./s1. The fourth-order valence-electron chi connectivity index (χ4n) is 2.98. The molecule has 1 atom stereocenters. The number of carbonyl (C=O) groups is 2. The number of hydrogen-bond acceptors (Lipinski definition) is 4. The fourth-order valence-corrected chi connectivity index (χ4v) is 3.99. The van der Waals surface area contributed by atoms with E-state index in [9.17, 15) is 14.0 Å². The Bertz CT molecular complexity index is 954. The number of halogens is 1. The predicted octanol–water partition coefficient (Wildman–Crippen LogP) is 4.01. The lowest BCUT2D eigenvalue weighted by Gasteiger charge is -2.06. The van der Waals surface area contributed by atoms with E-state index >= 15 is 0 Å². The van der Waals surface area contributed by atoms with Crippen molar-refractivity contribution in [1.82, 2.24) is 4.98 Å². The van der Waals surface area contributed by atoms with Gasteiger partial charge in [0.25, 0.3) is 0 Å². The van der Waals surface area contributed by atoms with E-state index in [1.54, 1.807) is 6.07 Å². The van der Waals surface area contributed by atoms with Gasteiger partial charge in [-0.3, -0.25) is 9.59 Å². The maximum atomic E-state index is 13.3. The van der Waals surface area contributed by atoms with Crippen LogP contribution in [0.25, 0.3) is 21.0 Å². The maximum absolute atomic E-state index is 13.3. The number of thiazole rings is 1. The van der Waals surface area contributed by atoms with Crippen LogP contribution in [0, 0.1) is 11.7 Å². The van der Waals surface area contributed by atoms with Gasteiger partial charge in [-0.2, -0.15) is 13.5 Å². The van der Waals surface area contributed by atoms with Crippen molar-refractivity contribution in [2.45, 2.75) is 19.3 Å². The van der Waals surface area contributed by atoms with Crippen molar-refractivity contribution >= 4 is 62.6 Å². The third kappa shape index (κ3) is 3.01. The number of ketones is 1. The van der Waals surface area contributed by atoms with Gasteiger partial charge in [-0.1, -0.05) is 17.4 Å². The SMILES string of the molecule is O=C1CC[C@@H](C(=O)Nc2nc3ccc4cc(F)ccc4c3s2)C1.S. The van der Waals surface area contributed by atoms with Gasteiger partial charge in [0.15, 0.2) is 5.13 Å². The molecule has 3 aromatic rings. The minimum Gasteiger partial charge on any atom is -0.302 e. The molecule has 1 aliphatic rings. The van der Waals surface area contributed by atoms with E-state index in [1.807, 2.05) is 12.1 Å². The summed E-state index contributed by atoms with van der Waals surface area (Å²) in [4.78, 5) is 27.9. The summed E-state index contributed by atoms with van der Waals surface area (Å²) in [5, 5.41) is 5.05. The summed E-state index contributed by atoms with van der Waals surface area (Å²) in [6.45, 7) is 0. The first-order valence-electron chi connectivity index (χ1n) is 7.41. The monoisotopic (exact) mass is 362 g/mol. The van der Waals surface area contributed by atoms with Crippen LogP contribution in [0.2, 0.25) is 0 Å². The Morgan fingerprint density at radius 3 is 2.88 bits per heavy atom. The molecule has 1 saturated carbocycles. The number of hydrogen-bond donors (Lipinski definition) is 1. The Morgan fingerprint density at radius 2 is 2.12 bits per heavy atom. The number of amides is 1. The Labute approximate surface area is 148 Å². The van der Waals surface area contributed by atoms with Crippen LogP contribution in [0.15, 0.2) is 30.3 Å². The molecule has 1 N–H and O–H groups in total. The summed E-state index contributed by atoms with van der Waals surface area (Å²) in [7, 11) is 0. The molecule has 1 aromatic heterocycles. The third-order valence-electron chi connectivity index (χ3n) is 4.18. The van der Waals surface area contributed by atoms with E-state index in [1.165, 1.54) is 23.5 Å². The fraction of sp³-hybridized carbons (Fsp3) is 0.235. The van der Waals surface area contributed by atoms with E-state index in [0.29, 0.717) is 24.4 Å². The average molecular weight is 362 g/mol. The molecule has 0 bridgehead atoms. The van der Waals surface area contributed by atoms with Crippen LogP contribution in [0.1, 0.15) is 19.3 Å². The molecule has 7 heteroatoms. The topological polar surface area (TPSA) is 59.1 Å². The first-order chi connectivity index (χ1) is 11.1. The first-order valence-corrected chi connectivity index (χ1v) is 8.23. The highest BCUT2D eigenvalue weighted by atomic mass is 32.1. The Balaban J connectivity index is 0.00000169. The van der Waals surface area contributed by atoms with E-state index in [2.05, 4.69) is 10.3 Å². The number of fused-ring (bicyclic) bond motifs is 3. The molecule has 0 aliphatic heterocycles. The predicted molar refractivity (Wildman–Crippen MR) is 98.4 cm³/mol. The van der Waals surface area contributed by atoms with Crippen molar-refractivity contribution in [3.05, 3.63) is 36.1 Å². The molecule has 1 fully saturated rings. The van der Waals surface area contributed by atoms with Gasteiger partial charge in [-0.25, -0.2) is 9.37 Å². The number of anilines is 1. The zero-order valence-electron chi connectivity index (χ0n) is 12.6.